The third kappa shape index (κ3) is 3.19. The molecule has 1 atom stereocenters. The van der Waals surface area contributed by atoms with Crippen molar-refractivity contribution in [2.75, 3.05) is 7.05 Å². The average Bonchev–Trinajstić information content (AvgIpc) is 2.70. The van der Waals surface area contributed by atoms with Gasteiger partial charge in [0, 0.05) is 33.8 Å². The summed E-state index contributed by atoms with van der Waals surface area (Å²) in [5.74, 6) is 0. The molecule has 0 aliphatic rings. The maximum Gasteiger partial charge on any atom is 0.0540 e. The second-order valence-electron chi connectivity index (χ2n) is 4.59. The number of hydrogen-bond acceptors (Lipinski definition) is 2. The first-order valence-corrected chi connectivity index (χ1v) is 7.29. The fourth-order valence-corrected chi connectivity index (χ4v) is 2.88. The number of halogens is 2. The molecule has 2 rings (SSSR count). The van der Waals surface area contributed by atoms with E-state index in [1.807, 2.05) is 37.1 Å². The Bertz CT molecular complexity index is 580. The number of aryl methyl sites for hydroxylation is 1. The molecule has 0 saturated heterocycles. The van der Waals surface area contributed by atoms with Gasteiger partial charge in [0.05, 0.1) is 6.20 Å². The van der Waals surface area contributed by atoms with Crippen LogP contribution in [0.2, 0.25) is 5.02 Å². The fourth-order valence-electron chi connectivity index (χ4n) is 2.13. The molecule has 1 heterocycles. The van der Waals surface area contributed by atoms with Crippen molar-refractivity contribution in [3.05, 3.63) is 50.7 Å². The SMILES string of the molecule is CNC(Cc1ccc(Br)cc1Cl)c1cnn(C)c1C. The second kappa shape index (κ2) is 6.07. The van der Waals surface area contributed by atoms with E-state index in [4.69, 9.17) is 11.6 Å². The first-order chi connectivity index (χ1) is 9.02. The molecule has 5 heteroatoms. The van der Waals surface area contributed by atoms with E-state index in [0.717, 1.165) is 21.5 Å². The summed E-state index contributed by atoms with van der Waals surface area (Å²) >= 11 is 9.71. The van der Waals surface area contributed by atoms with Gasteiger partial charge >= 0.3 is 0 Å². The Morgan fingerprint density at radius 1 is 1.47 bits per heavy atom. The predicted octanol–water partition coefficient (Wildman–Crippen LogP) is 3.65. The minimum atomic E-state index is 0.215. The van der Waals surface area contributed by atoms with Gasteiger partial charge in [-0.15, -0.1) is 0 Å². The van der Waals surface area contributed by atoms with Crippen molar-refractivity contribution in [3.8, 4) is 0 Å². The summed E-state index contributed by atoms with van der Waals surface area (Å²) in [4.78, 5) is 0. The highest BCUT2D eigenvalue weighted by Crippen LogP contribution is 2.27. The molecule has 0 saturated carbocycles. The second-order valence-corrected chi connectivity index (χ2v) is 5.91. The minimum absolute atomic E-state index is 0.215. The van der Waals surface area contributed by atoms with Crippen LogP contribution in [0.4, 0.5) is 0 Å². The molecule has 1 unspecified atom stereocenters. The van der Waals surface area contributed by atoms with Gasteiger partial charge < -0.3 is 5.32 Å². The third-order valence-electron chi connectivity index (χ3n) is 3.44. The van der Waals surface area contributed by atoms with Gasteiger partial charge in [-0.05, 0) is 38.1 Å². The van der Waals surface area contributed by atoms with Crippen LogP contribution >= 0.6 is 27.5 Å². The molecular formula is C14H17BrClN3. The zero-order chi connectivity index (χ0) is 14.0. The summed E-state index contributed by atoms with van der Waals surface area (Å²) in [6, 6.07) is 6.22. The maximum atomic E-state index is 6.28. The van der Waals surface area contributed by atoms with E-state index in [0.29, 0.717) is 0 Å². The molecule has 0 radical (unpaired) electrons. The summed E-state index contributed by atoms with van der Waals surface area (Å²) in [7, 11) is 3.92. The predicted molar refractivity (Wildman–Crippen MR) is 82.6 cm³/mol. The highest BCUT2D eigenvalue weighted by molar-refractivity contribution is 9.10. The van der Waals surface area contributed by atoms with Crippen molar-refractivity contribution < 1.29 is 0 Å². The number of nitrogens with one attached hydrogen (secondary N) is 1. The highest BCUT2D eigenvalue weighted by Gasteiger charge is 2.16. The molecule has 0 aliphatic carbocycles. The number of rotatable bonds is 4. The van der Waals surface area contributed by atoms with Crippen molar-refractivity contribution in [3.63, 3.8) is 0 Å². The normalized spacial score (nSPS) is 12.7. The zero-order valence-corrected chi connectivity index (χ0v) is 13.6. The lowest BCUT2D eigenvalue weighted by atomic mass is 9.99. The lowest BCUT2D eigenvalue weighted by Crippen LogP contribution is -2.19. The molecular weight excluding hydrogens is 326 g/mol. The van der Waals surface area contributed by atoms with Crippen LogP contribution in [0.1, 0.15) is 22.9 Å². The average molecular weight is 343 g/mol. The number of nitrogens with zero attached hydrogens (tertiary/aromatic N) is 2. The van der Waals surface area contributed by atoms with Crippen molar-refractivity contribution in [1.29, 1.82) is 0 Å². The first kappa shape index (κ1) is 14.6. The number of likely N-dealkylation sites (N-methyl/N-ethyl adjacent to an activating group) is 1. The van der Waals surface area contributed by atoms with Crippen molar-refractivity contribution in [1.82, 2.24) is 15.1 Å². The van der Waals surface area contributed by atoms with E-state index in [-0.39, 0.29) is 6.04 Å². The summed E-state index contributed by atoms with van der Waals surface area (Å²) < 4.78 is 2.89. The number of aromatic nitrogens is 2. The third-order valence-corrected chi connectivity index (χ3v) is 4.28. The Balaban J connectivity index is 2.26. The van der Waals surface area contributed by atoms with Gasteiger partial charge in [0.25, 0.3) is 0 Å². The van der Waals surface area contributed by atoms with Gasteiger partial charge in [-0.3, -0.25) is 4.68 Å². The van der Waals surface area contributed by atoms with Crippen LogP contribution in [-0.2, 0) is 13.5 Å². The maximum absolute atomic E-state index is 6.28. The fraction of sp³-hybridized carbons (Fsp3) is 0.357. The summed E-state index contributed by atoms with van der Waals surface area (Å²) in [6.45, 7) is 2.08. The van der Waals surface area contributed by atoms with Crippen LogP contribution in [0.5, 0.6) is 0 Å². The van der Waals surface area contributed by atoms with E-state index < -0.39 is 0 Å². The Kier molecular flexibility index (Phi) is 4.66. The lowest BCUT2D eigenvalue weighted by Gasteiger charge is -2.17. The van der Waals surface area contributed by atoms with Gasteiger partial charge in [-0.1, -0.05) is 33.6 Å². The molecule has 19 heavy (non-hydrogen) atoms. The topological polar surface area (TPSA) is 29.9 Å². The Labute approximate surface area is 127 Å². The lowest BCUT2D eigenvalue weighted by molar-refractivity contribution is 0.586. The van der Waals surface area contributed by atoms with Crippen LogP contribution < -0.4 is 5.32 Å². The molecule has 0 amide bonds. The molecule has 3 nitrogen and oxygen atoms in total. The molecule has 1 aromatic heterocycles. The van der Waals surface area contributed by atoms with Crippen LogP contribution in [-0.4, -0.2) is 16.8 Å². The largest absolute Gasteiger partial charge is 0.313 e. The number of benzene rings is 1. The van der Waals surface area contributed by atoms with Crippen LogP contribution in [0.3, 0.4) is 0 Å². The van der Waals surface area contributed by atoms with Crippen molar-refractivity contribution in [2.24, 2.45) is 7.05 Å². The molecule has 0 spiro atoms. The van der Waals surface area contributed by atoms with E-state index in [1.54, 1.807) is 0 Å². The molecule has 102 valence electrons. The summed E-state index contributed by atoms with van der Waals surface area (Å²) in [6.07, 6.45) is 2.76. The molecule has 0 fully saturated rings. The monoisotopic (exact) mass is 341 g/mol. The van der Waals surface area contributed by atoms with Crippen LogP contribution in [0.25, 0.3) is 0 Å². The van der Waals surface area contributed by atoms with Gasteiger partial charge in [0.1, 0.15) is 0 Å². The van der Waals surface area contributed by atoms with E-state index in [9.17, 15) is 0 Å². The van der Waals surface area contributed by atoms with E-state index in [2.05, 4.69) is 39.3 Å². The van der Waals surface area contributed by atoms with E-state index >= 15 is 0 Å². The standard InChI is InChI=1S/C14H17BrClN3/c1-9-12(8-18-19(9)3)14(17-2)6-10-4-5-11(15)7-13(10)16/h4-5,7-8,14,17H,6H2,1-3H3. The van der Waals surface area contributed by atoms with Gasteiger partial charge in [-0.25, -0.2) is 0 Å². The molecule has 0 aliphatic heterocycles. The smallest absolute Gasteiger partial charge is 0.0540 e. The first-order valence-electron chi connectivity index (χ1n) is 6.12. The van der Waals surface area contributed by atoms with Crippen molar-refractivity contribution in [2.45, 2.75) is 19.4 Å². The summed E-state index contributed by atoms with van der Waals surface area (Å²) in [5.41, 5.74) is 3.52. The highest BCUT2D eigenvalue weighted by atomic mass is 79.9. The number of hydrogen-bond donors (Lipinski definition) is 1. The van der Waals surface area contributed by atoms with Gasteiger partial charge in [0.15, 0.2) is 0 Å². The van der Waals surface area contributed by atoms with E-state index in [1.165, 1.54) is 11.3 Å². The molecule has 1 N–H and O–H groups in total. The minimum Gasteiger partial charge on any atom is -0.313 e. The Morgan fingerprint density at radius 3 is 2.74 bits per heavy atom. The summed E-state index contributed by atoms with van der Waals surface area (Å²) in [5, 5.41) is 8.43. The quantitative estimate of drug-likeness (QED) is 0.919. The van der Waals surface area contributed by atoms with Crippen LogP contribution in [0.15, 0.2) is 28.9 Å². The zero-order valence-electron chi connectivity index (χ0n) is 11.2. The van der Waals surface area contributed by atoms with Gasteiger partial charge in [0.2, 0.25) is 0 Å². The molecule has 2 aromatic rings. The van der Waals surface area contributed by atoms with Crippen LogP contribution in [0, 0.1) is 6.92 Å². The Hall–Kier alpha value is -0.840. The molecule has 0 bridgehead atoms. The van der Waals surface area contributed by atoms with Crippen molar-refractivity contribution >= 4 is 27.5 Å². The molecule has 1 aromatic carbocycles. The van der Waals surface area contributed by atoms with Gasteiger partial charge in [-0.2, -0.15) is 5.10 Å². The Morgan fingerprint density at radius 2 is 2.21 bits per heavy atom.